The van der Waals surface area contributed by atoms with Gasteiger partial charge in [0.25, 0.3) is 5.91 Å². The summed E-state index contributed by atoms with van der Waals surface area (Å²) in [7, 11) is 1.93. The molecule has 0 radical (unpaired) electrons. The molecule has 0 spiro atoms. The molecule has 10 heteroatoms. The van der Waals surface area contributed by atoms with E-state index in [0.717, 1.165) is 53.0 Å². The van der Waals surface area contributed by atoms with E-state index in [0.29, 0.717) is 29.7 Å². The van der Waals surface area contributed by atoms with E-state index in [2.05, 4.69) is 25.5 Å². The lowest BCUT2D eigenvalue weighted by molar-refractivity contribution is 0.0944. The number of imidazole rings is 1. The summed E-state index contributed by atoms with van der Waals surface area (Å²) in [4.78, 5) is 27.7. The molecule has 2 N–H and O–H groups in total. The first-order valence-electron chi connectivity index (χ1n) is 14.0. The van der Waals surface area contributed by atoms with Crippen molar-refractivity contribution >= 4 is 28.6 Å². The van der Waals surface area contributed by atoms with Crippen LogP contribution in [0.4, 0.5) is 16.0 Å². The Hall–Kier alpha value is -4.83. The van der Waals surface area contributed by atoms with E-state index >= 15 is 0 Å². The minimum absolute atomic E-state index is 0.219. The second-order valence-electron chi connectivity index (χ2n) is 10.5. The van der Waals surface area contributed by atoms with E-state index in [9.17, 15) is 9.18 Å². The quantitative estimate of drug-likeness (QED) is 0.217. The van der Waals surface area contributed by atoms with Gasteiger partial charge in [-0.15, -0.1) is 0 Å². The summed E-state index contributed by atoms with van der Waals surface area (Å²) in [6.45, 7) is 5.61. The number of fused-ring (bicyclic) bond motifs is 1. The average molecular weight is 566 g/mol. The van der Waals surface area contributed by atoms with Gasteiger partial charge in [-0.3, -0.25) is 9.78 Å². The maximum Gasteiger partial charge on any atom is 0.270 e. The van der Waals surface area contributed by atoms with Crippen LogP contribution in [0.15, 0.2) is 73.1 Å². The first kappa shape index (κ1) is 27.3. The first-order chi connectivity index (χ1) is 20.4. The first-order valence-corrected chi connectivity index (χ1v) is 14.0. The highest BCUT2D eigenvalue weighted by atomic mass is 19.1. The van der Waals surface area contributed by atoms with Gasteiger partial charge in [0.2, 0.25) is 11.9 Å². The number of amides is 1. The number of carbonyl (C=O) groups excluding carboxylic acids is 1. The third-order valence-electron chi connectivity index (χ3n) is 7.50. The number of aryl methyl sites for hydroxylation is 2. The Bertz CT molecular complexity index is 1750. The van der Waals surface area contributed by atoms with Gasteiger partial charge in [0.1, 0.15) is 17.2 Å². The van der Waals surface area contributed by atoms with Crippen molar-refractivity contribution in [2.45, 2.75) is 19.8 Å². The van der Waals surface area contributed by atoms with Gasteiger partial charge in [-0.05, 0) is 85.9 Å². The second-order valence-corrected chi connectivity index (χ2v) is 10.5. The maximum absolute atomic E-state index is 13.7. The SMILES string of the molecule is Cc1ccc(Nc2nc3cc(Oc4ccnc(C(=O)NCCN5CCCC5)c4)ccc3n2C)cc1-c1ccnc(F)c1. The summed E-state index contributed by atoms with van der Waals surface area (Å²) in [6, 6.07) is 18.2. The van der Waals surface area contributed by atoms with Crippen molar-refractivity contribution in [2.75, 3.05) is 31.5 Å². The zero-order valence-corrected chi connectivity index (χ0v) is 23.6. The Labute approximate surface area is 243 Å². The molecule has 1 aliphatic heterocycles. The molecular weight excluding hydrogens is 533 g/mol. The van der Waals surface area contributed by atoms with Crippen molar-refractivity contribution in [3.8, 4) is 22.6 Å². The normalized spacial score (nSPS) is 13.4. The zero-order chi connectivity index (χ0) is 29.1. The predicted molar refractivity (Wildman–Crippen MR) is 161 cm³/mol. The number of aromatic nitrogens is 4. The van der Waals surface area contributed by atoms with Crippen molar-refractivity contribution < 1.29 is 13.9 Å². The molecule has 6 rings (SSSR count). The Morgan fingerprint density at radius 2 is 1.79 bits per heavy atom. The number of pyridine rings is 2. The summed E-state index contributed by atoms with van der Waals surface area (Å²) >= 11 is 0. The molecule has 0 atom stereocenters. The van der Waals surface area contributed by atoms with Gasteiger partial charge >= 0.3 is 0 Å². The van der Waals surface area contributed by atoms with E-state index < -0.39 is 5.95 Å². The molecule has 3 aromatic heterocycles. The van der Waals surface area contributed by atoms with Gasteiger partial charge in [-0.25, -0.2) is 9.97 Å². The number of hydrogen-bond acceptors (Lipinski definition) is 7. The van der Waals surface area contributed by atoms with Crippen molar-refractivity contribution in [1.29, 1.82) is 0 Å². The highest BCUT2D eigenvalue weighted by Crippen LogP contribution is 2.31. The predicted octanol–water partition coefficient (Wildman–Crippen LogP) is 5.84. The molecule has 1 amide bonds. The molecule has 2 aromatic carbocycles. The lowest BCUT2D eigenvalue weighted by atomic mass is 10.0. The minimum atomic E-state index is -0.516. The number of carbonyl (C=O) groups is 1. The Morgan fingerprint density at radius 3 is 2.62 bits per heavy atom. The van der Waals surface area contributed by atoms with Crippen LogP contribution in [0.2, 0.25) is 0 Å². The second kappa shape index (κ2) is 12.0. The van der Waals surface area contributed by atoms with Crippen molar-refractivity contribution in [3.05, 3.63) is 90.3 Å². The van der Waals surface area contributed by atoms with Gasteiger partial charge in [0.15, 0.2) is 0 Å². The van der Waals surface area contributed by atoms with E-state index in [-0.39, 0.29) is 5.91 Å². The number of benzene rings is 2. The molecule has 1 fully saturated rings. The fourth-order valence-electron chi connectivity index (χ4n) is 5.22. The maximum atomic E-state index is 13.7. The van der Waals surface area contributed by atoms with E-state index in [1.54, 1.807) is 24.4 Å². The van der Waals surface area contributed by atoms with Gasteiger partial charge in [0.05, 0.1) is 11.0 Å². The molecule has 42 heavy (non-hydrogen) atoms. The van der Waals surface area contributed by atoms with Crippen molar-refractivity contribution in [2.24, 2.45) is 7.05 Å². The summed E-state index contributed by atoms with van der Waals surface area (Å²) in [5.74, 6) is 1.02. The van der Waals surface area contributed by atoms with E-state index in [4.69, 9.17) is 9.72 Å². The molecule has 0 aliphatic carbocycles. The van der Waals surface area contributed by atoms with Gasteiger partial charge in [-0.1, -0.05) is 6.07 Å². The third-order valence-corrected chi connectivity index (χ3v) is 7.50. The van der Waals surface area contributed by atoms with Crippen LogP contribution in [0.3, 0.4) is 0 Å². The van der Waals surface area contributed by atoms with Crippen LogP contribution < -0.4 is 15.4 Å². The number of ether oxygens (including phenoxy) is 1. The van der Waals surface area contributed by atoms with Gasteiger partial charge in [-0.2, -0.15) is 4.39 Å². The average Bonchev–Trinajstić information content (AvgIpc) is 3.61. The number of nitrogens with zero attached hydrogens (tertiary/aromatic N) is 5. The fraction of sp³-hybridized carbons (Fsp3) is 0.250. The summed E-state index contributed by atoms with van der Waals surface area (Å²) in [5, 5.41) is 6.33. The van der Waals surface area contributed by atoms with Gasteiger partial charge < -0.3 is 24.8 Å². The number of rotatable bonds is 9. The molecule has 1 aliphatic rings. The smallest absolute Gasteiger partial charge is 0.270 e. The van der Waals surface area contributed by atoms with Crippen LogP contribution in [0, 0.1) is 12.9 Å². The highest BCUT2D eigenvalue weighted by molar-refractivity contribution is 5.92. The van der Waals surface area contributed by atoms with E-state index in [1.807, 2.05) is 54.9 Å². The monoisotopic (exact) mass is 565 g/mol. The van der Waals surface area contributed by atoms with Crippen LogP contribution >= 0.6 is 0 Å². The molecule has 1 saturated heterocycles. The molecule has 4 heterocycles. The summed E-state index contributed by atoms with van der Waals surface area (Å²) in [5.41, 5.74) is 5.49. The molecular formula is C32H32FN7O2. The number of anilines is 2. The Balaban J connectivity index is 1.15. The van der Waals surface area contributed by atoms with Crippen LogP contribution in [-0.2, 0) is 7.05 Å². The molecule has 0 unspecified atom stereocenters. The van der Waals surface area contributed by atoms with Crippen molar-refractivity contribution in [3.63, 3.8) is 0 Å². The number of nitrogens with one attached hydrogen (secondary N) is 2. The molecule has 0 saturated carbocycles. The Morgan fingerprint density at radius 1 is 0.976 bits per heavy atom. The number of halogens is 1. The molecule has 9 nitrogen and oxygen atoms in total. The molecule has 214 valence electrons. The number of hydrogen-bond donors (Lipinski definition) is 2. The largest absolute Gasteiger partial charge is 0.457 e. The highest BCUT2D eigenvalue weighted by Gasteiger charge is 2.14. The van der Waals surface area contributed by atoms with E-state index in [1.165, 1.54) is 25.1 Å². The van der Waals surface area contributed by atoms with Gasteiger partial charge in [0, 0.05) is 56.4 Å². The van der Waals surface area contributed by atoms with Crippen LogP contribution in [0.5, 0.6) is 11.5 Å². The van der Waals surface area contributed by atoms with Crippen LogP contribution in [0.25, 0.3) is 22.2 Å². The molecule has 5 aromatic rings. The summed E-state index contributed by atoms with van der Waals surface area (Å²) in [6.07, 6.45) is 5.48. The lowest BCUT2D eigenvalue weighted by Crippen LogP contribution is -2.33. The van der Waals surface area contributed by atoms with Crippen molar-refractivity contribution in [1.82, 2.24) is 29.7 Å². The molecule has 0 bridgehead atoms. The number of likely N-dealkylation sites (tertiary alicyclic amines) is 1. The third kappa shape index (κ3) is 6.08. The van der Waals surface area contributed by atoms with Crippen LogP contribution in [0.1, 0.15) is 28.9 Å². The minimum Gasteiger partial charge on any atom is -0.457 e. The topological polar surface area (TPSA) is 97.2 Å². The standard InChI is InChI=1S/C32H32FN7O2/c1-21-5-6-23(18-26(21)22-9-11-35-30(33)17-22)37-32-38-27-19-24(7-8-29(27)39(32)2)42-25-10-12-34-28(20-25)31(41)36-13-16-40-14-3-4-15-40/h5-12,17-20H,3-4,13-16H2,1-2H3,(H,36,41)(H,37,38). The fourth-order valence-corrected chi connectivity index (χ4v) is 5.22. The lowest BCUT2D eigenvalue weighted by Gasteiger charge is -2.14. The summed E-state index contributed by atoms with van der Waals surface area (Å²) < 4.78 is 21.8. The zero-order valence-electron chi connectivity index (χ0n) is 23.6. The van der Waals surface area contributed by atoms with Crippen LogP contribution in [-0.4, -0.2) is 56.5 Å². The Kier molecular flexibility index (Phi) is 7.78.